The topological polar surface area (TPSA) is 92.4 Å². The molecule has 2 N–H and O–H groups in total. The van der Waals surface area contributed by atoms with Crippen LogP contribution >= 0.6 is 0 Å². The number of nitrogens with one attached hydrogen (secondary N) is 2. The highest BCUT2D eigenvalue weighted by atomic mass is 19.4. The Morgan fingerprint density at radius 3 is 2.84 bits per heavy atom. The van der Waals surface area contributed by atoms with Crippen molar-refractivity contribution in [2.24, 2.45) is 13.0 Å². The number of halogens is 3. The lowest BCUT2D eigenvalue weighted by molar-refractivity contribution is -0.140. The van der Waals surface area contributed by atoms with E-state index in [4.69, 9.17) is 0 Å². The lowest BCUT2D eigenvalue weighted by Crippen LogP contribution is -2.35. The summed E-state index contributed by atoms with van der Waals surface area (Å²) in [6, 6.07) is 2.10. The summed E-state index contributed by atoms with van der Waals surface area (Å²) in [5, 5.41) is 13.3. The van der Waals surface area contributed by atoms with Crippen LogP contribution < -0.4 is 15.5 Å². The first-order chi connectivity index (χ1) is 15.2. The number of fused-ring (bicyclic) bond motifs is 1. The summed E-state index contributed by atoms with van der Waals surface area (Å²) in [7, 11) is 1.36. The summed E-state index contributed by atoms with van der Waals surface area (Å²) in [5.74, 6) is 0.413. The molecule has 0 unspecified atom stereocenters. The van der Waals surface area contributed by atoms with Crippen LogP contribution in [0.5, 0.6) is 0 Å². The zero-order valence-corrected chi connectivity index (χ0v) is 18.0. The van der Waals surface area contributed by atoms with Gasteiger partial charge in [-0.3, -0.25) is 9.48 Å². The number of hydrogen-bond acceptors (Lipinski definition) is 6. The molecule has 172 valence electrons. The van der Waals surface area contributed by atoms with Crippen molar-refractivity contribution in [3.05, 3.63) is 35.9 Å². The number of amides is 1. The van der Waals surface area contributed by atoms with Gasteiger partial charge in [0.15, 0.2) is 11.3 Å². The molecule has 1 fully saturated rings. The zero-order chi connectivity index (χ0) is 23.0. The van der Waals surface area contributed by atoms with Crippen LogP contribution in [0.3, 0.4) is 0 Å². The van der Waals surface area contributed by atoms with Crippen LogP contribution in [-0.2, 0) is 13.2 Å². The summed E-state index contributed by atoms with van der Waals surface area (Å²) < 4.78 is 42.1. The number of anilines is 2. The number of alkyl halides is 3. The number of carbonyl (C=O) groups excluding carboxylic acids is 1. The minimum absolute atomic E-state index is 0.0804. The van der Waals surface area contributed by atoms with Gasteiger partial charge in [0.25, 0.3) is 5.91 Å². The van der Waals surface area contributed by atoms with E-state index in [-0.39, 0.29) is 17.3 Å². The number of carbonyl (C=O) groups is 1. The minimum atomic E-state index is -4.69. The predicted molar refractivity (Wildman–Crippen MR) is 113 cm³/mol. The van der Waals surface area contributed by atoms with E-state index in [9.17, 15) is 18.0 Å². The number of aromatic nitrogens is 5. The van der Waals surface area contributed by atoms with E-state index < -0.39 is 23.5 Å². The molecule has 1 aliphatic heterocycles. The fourth-order valence-electron chi connectivity index (χ4n) is 3.85. The first-order valence-corrected chi connectivity index (χ1v) is 10.4. The molecule has 1 amide bonds. The van der Waals surface area contributed by atoms with Gasteiger partial charge in [0.2, 0.25) is 0 Å². The molecular formula is C20H25F3N8O. The second-order valence-corrected chi connectivity index (χ2v) is 8.12. The molecule has 0 radical (unpaired) electrons. The summed E-state index contributed by atoms with van der Waals surface area (Å²) in [6.45, 7) is 6.73. The molecule has 2 atom stereocenters. The van der Waals surface area contributed by atoms with Gasteiger partial charge < -0.3 is 15.5 Å². The third kappa shape index (κ3) is 4.40. The molecule has 12 heteroatoms. The van der Waals surface area contributed by atoms with Crippen LogP contribution in [-0.4, -0.2) is 56.0 Å². The lowest BCUT2D eigenvalue weighted by atomic mass is 10.1. The van der Waals surface area contributed by atoms with Gasteiger partial charge in [-0.2, -0.15) is 23.4 Å². The Morgan fingerprint density at radius 2 is 2.12 bits per heavy atom. The number of aryl methyl sites for hydroxylation is 1. The maximum atomic E-state index is 13.2. The fourth-order valence-corrected chi connectivity index (χ4v) is 3.85. The molecule has 3 aromatic heterocycles. The Morgan fingerprint density at radius 1 is 1.34 bits per heavy atom. The molecule has 0 saturated carbocycles. The summed E-state index contributed by atoms with van der Waals surface area (Å²) in [4.78, 5) is 19.6. The highest BCUT2D eigenvalue weighted by Gasteiger charge is 2.38. The van der Waals surface area contributed by atoms with E-state index in [0.717, 1.165) is 36.9 Å². The minimum Gasteiger partial charge on any atom is -0.355 e. The van der Waals surface area contributed by atoms with Crippen molar-refractivity contribution in [1.82, 2.24) is 29.7 Å². The molecular weight excluding hydrogens is 425 g/mol. The van der Waals surface area contributed by atoms with Gasteiger partial charge >= 0.3 is 6.18 Å². The Balaban J connectivity index is 1.64. The average molecular weight is 450 g/mol. The van der Waals surface area contributed by atoms with Crippen molar-refractivity contribution in [2.75, 3.05) is 29.9 Å². The summed E-state index contributed by atoms with van der Waals surface area (Å²) in [5.41, 5.74) is -1.22. The second-order valence-electron chi connectivity index (χ2n) is 8.12. The van der Waals surface area contributed by atoms with Crippen molar-refractivity contribution < 1.29 is 18.0 Å². The Kier molecular flexibility index (Phi) is 5.80. The molecule has 1 aliphatic rings. The van der Waals surface area contributed by atoms with E-state index in [1.165, 1.54) is 17.8 Å². The Bertz CT molecular complexity index is 1120. The SMILES string of the molecule is CC[C@@H]1CN[C@H](C)CN(c2ccn3ncc(C(=O)Nc4cn(C)nc4C(F)(F)F)c3n2)C1. The van der Waals surface area contributed by atoms with Crippen LogP contribution in [0.25, 0.3) is 5.65 Å². The monoisotopic (exact) mass is 450 g/mol. The first kappa shape index (κ1) is 22.1. The van der Waals surface area contributed by atoms with Gasteiger partial charge in [0.1, 0.15) is 11.4 Å². The van der Waals surface area contributed by atoms with Crippen LogP contribution in [0.1, 0.15) is 36.3 Å². The van der Waals surface area contributed by atoms with Crippen molar-refractivity contribution in [2.45, 2.75) is 32.5 Å². The van der Waals surface area contributed by atoms with E-state index in [2.05, 4.69) is 44.6 Å². The fraction of sp³-hybridized carbons (Fsp3) is 0.500. The molecule has 4 rings (SSSR count). The lowest BCUT2D eigenvalue weighted by Gasteiger charge is -2.25. The van der Waals surface area contributed by atoms with Crippen molar-refractivity contribution in [3.63, 3.8) is 0 Å². The standard InChI is InChI=1S/C20H25F3N8O/c1-4-13-7-24-12(2)9-30(10-13)16-5-6-31-18(27-16)14(8-25-31)19(32)26-15-11-29(3)28-17(15)20(21,22)23/h5-6,8,11-13,24H,4,7,9-10H2,1-3H3,(H,26,32)/t12-,13-/m1/s1. The zero-order valence-electron chi connectivity index (χ0n) is 18.0. The molecule has 0 aromatic carbocycles. The average Bonchev–Trinajstić information content (AvgIpc) is 3.26. The van der Waals surface area contributed by atoms with Crippen LogP contribution in [0, 0.1) is 5.92 Å². The van der Waals surface area contributed by atoms with Crippen molar-refractivity contribution in [3.8, 4) is 0 Å². The number of rotatable bonds is 4. The van der Waals surface area contributed by atoms with Crippen LogP contribution in [0.15, 0.2) is 24.7 Å². The van der Waals surface area contributed by atoms with E-state index in [0.29, 0.717) is 11.7 Å². The molecule has 0 spiro atoms. The van der Waals surface area contributed by atoms with Gasteiger partial charge in [0.05, 0.1) is 11.9 Å². The van der Waals surface area contributed by atoms with E-state index >= 15 is 0 Å². The van der Waals surface area contributed by atoms with Gasteiger partial charge in [0, 0.05) is 38.6 Å². The molecule has 9 nitrogen and oxygen atoms in total. The molecule has 0 aliphatic carbocycles. The maximum Gasteiger partial charge on any atom is 0.437 e. The molecule has 1 saturated heterocycles. The quantitative estimate of drug-likeness (QED) is 0.635. The number of hydrogen-bond donors (Lipinski definition) is 2. The number of nitrogens with zero attached hydrogens (tertiary/aromatic N) is 6. The first-order valence-electron chi connectivity index (χ1n) is 10.4. The van der Waals surface area contributed by atoms with E-state index in [1.54, 1.807) is 6.20 Å². The normalized spacial score (nSPS) is 19.9. The highest BCUT2D eigenvalue weighted by molar-refractivity contribution is 6.08. The smallest absolute Gasteiger partial charge is 0.355 e. The summed E-state index contributed by atoms with van der Waals surface area (Å²) in [6.07, 6.45) is 0.438. The van der Waals surface area contributed by atoms with Gasteiger partial charge in [-0.05, 0) is 25.5 Å². The molecule has 4 heterocycles. The van der Waals surface area contributed by atoms with Gasteiger partial charge in [-0.1, -0.05) is 13.3 Å². The van der Waals surface area contributed by atoms with E-state index in [1.807, 2.05) is 6.07 Å². The Hall–Kier alpha value is -3.15. The molecule has 0 bridgehead atoms. The largest absolute Gasteiger partial charge is 0.437 e. The Labute approximate surface area is 182 Å². The molecule has 3 aromatic rings. The van der Waals surface area contributed by atoms with Crippen LogP contribution in [0.2, 0.25) is 0 Å². The maximum absolute atomic E-state index is 13.2. The third-order valence-corrected chi connectivity index (χ3v) is 5.57. The summed E-state index contributed by atoms with van der Waals surface area (Å²) >= 11 is 0. The van der Waals surface area contributed by atoms with Gasteiger partial charge in [-0.15, -0.1) is 0 Å². The van der Waals surface area contributed by atoms with Crippen molar-refractivity contribution in [1.29, 1.82) is 0 Å². The van der Waals surface area contributed by atoms with Crippen molar-refractivity contribution >= 4 is 23.1 Å². The van der Waals surface area contributed by atoms with Crippen LogP contribution in [0.4, 0.5) is 24.7 Å². The highest BCUT2D eigenvalue weighted by Crippen LogP contribution is 2.33. The predicted octanol–water partition coefficient (Wildman–Crippen LogP) is 2.56. The third-order valence-electron chi connectivity index (χ3n) is 5.57. The molecule has 32 heavy (non-hydrogen) atoms. The van der Waals surface area contributed by atoms with Gasteiger partial charge in [-0.25, -0.2) is 9.50 Å². The second kappa shape index (κ2) is 8.41.